The third-order valence-corrected chi connectivity index (χ3v) is 4.53. The van der Waals surface area contributed by atoms with E-state index in [9.17, 15) is 9.90 Å². The fourth-order valence-corrected chi connectivity index (χ4v) is 5.27. The van der Waals surface area contributed by atoms with E-state index in [1.54, 1.807) is 0 Å². The Morgan fingerprint density at radius 3 is 2.32 bits per heavy atom. The van der Waals surface area contributed by atoms with Crippen LogP contribution in [0.2, 0.25) is 0 Å². The minimum absolute atomic E-state index is 0.130. The lowest BCUT2D eigenvalue weighted by Crippen LogP contribution is -2.17. The number of halogens is 3. The number of aliphatic hydroxyl groups is 1. The fourth-order valence-electron chi connectivity index (χ4n) is 1.43. The number of hydrogen-bond donors (Lipinski definition) is 2. The zero-order chi connectivity index (χ0) is 14.4. The second kappa shape index (κ2) is 8.82. The van der Waals surface area contributed by atoms with Crippen molar-refractivity contribution in [1.29, 1.82) is 0 Å². The molecule has 2 N–H and O–H groups in total. The minimum atomic E-state index is -0.893. The van der Waals surface area contributed by atoms with Crippen LogP contribution >= 0.6 is 67.8 Å². The average molecular weight is 602 g/mol. The summed E-state index contributed by atoms with van der Waals surface area (Å²) in [5.74, 6) is -0.121. The summed E-state index contributed by atoms with van der Waals surface area (Å²) in [6.07, 6.45) is 0.856. The van der Waals surface area contributed by atoms with Crippen molar-refractivity contribution in [3.05, 3.63) is 22.8 Å². The summed E-state index contributed by atoms with van der Waals surface area (Å²) < 4.78 is 8.56. The van der Waals surface area contributed by atoms with Crippen LogP contribution in [0.4, 0.5) is 0 Å². The van der Waals surface area contributed by atoms with Gasteiger partial charge in [-0.3, -0.25) is 4.79 Å². The van der Waals surface area contributed by atoms with E-state index in [1.807, 2.05) is 12.1 Å². The van der Waals surface area contributed by atoms with Gasteiger partial charge >= 0.3 is 5.97 Å². The Balaban J connectivity index is 2.48. The Morgan fingerprint density at radius 2 is 1.79 bits per heavy atom. The number of benzene rings is 1. The highest BCUT2D eigenvalue weighted by atomic mass is 127. The van der Waals surface area contributed by atoms with Crippen molar-refractivity contribution in [1.82, 2.24) is 0 Å². The van der Waals surface area contributed by atoms with Crippen molar-refractivity contribution in [2.45, 2.75) is 32.0 Å². The van der Waals surface area contributed by atoms with Crippen LogP contribution in [0, 0.1) is 10.7 Å². The van der Waals surface area contributed by atoms with Crippen LogP contribution in [0.15, 0.2) is 12.1 Å². The monoisotopic (exact) mass is 602 g/mol. The molecule has 1 atom stereocenters. The molecule has 1 aromatic rings. The van der Waals surface area contributed by atoms with Gasteiger partial charge in [0.05, 0.1) is 7.14 Å². The molecule has 0 spiro atoms. The summed E-state index contributed by atoms with van der Waals surface area (Å²) >= 11 is 6.58. The Kier molecular flexibility index (Phi) is 8.21. The predicted molar refractivity (Wildman–Crippen MR) is 97.3 cm³/mol. The second-order valence-electron chi connectivity index (χ2n) is 3.91. The molecular formula is C12H13I3O4. The summed E-state index contributed by atoms with van der Waals surface area (Å²) in [7, 11) is 0. The quantitative estimate of drug-likeness (QED) is 0.283. The second-order valence-corrected chi connectivity index (χ2v) is 7.48. The molecule has 1 unspecified atom stereocenters. The van der Waals surface area contributed by atoms with Crippen molar-refractivity contribution in [2.24, 2.45) is 0 Å². The Hall–Kier alpha value is 0.640. The number of aliphatic hydroxyl groups excluding tert-OH is 1. The molecule has 0 bridgehead atoms. The molecule has 106 valence electrons. The smallest absolute Gasteiger partial charge is 0.303 e. The Labute approximate surface area is 152 Å². The Bertz CT molecular complexity index is 428. The molecular weight excluding hydrogens is 589 g/mol. The molecule has 1 rings (SSSR count). The van der Waals surface area contributed by atoms with Gasteiger partial charge in [-0.25, -0.2) is 0 Å². The number of aliphatic carboxylic acids is 1. The van der Waals surface area contributed by atoms with Crippen LogP contribution in [-0.4, -0.2) is 22.5 Å². The highest BCUT2D eigenvalue weighted by molar-refractivity contribution is 14.1. The third-order valence-electron chi connectivity index (χ3n) is 2.31. The molecule has 0 aliphatic heterocycles. The van der Waals surface area contributed by atoms with Crippen molar-refractivity contribution < 1.29 is 19.7 Å². The molecule has 0 heterocycles. The van der Waals surface area contributed by atoms with E-state index < -0.39 is 12.3 Å². The molecule has 0 aliphatic rings. The summed E-state index contributed by atoms with van der Waals surface area (Å²) in [6, 6.07) is 3.96. The van der Waals surface area contributed by atoms with E-state index in [-0.39, 0.29) is 6.42 Å². The first-order valence-corrected chi connectivity index (χ1v) is 8.85. The maximum absolute atomic E-state index is 10.4. The molecule has 0 aliphatic carbocycles. The SMILES string of the molecule is O=C(O)CCCCC(O)Oc1c(I)cc(I)cc1I. The summed E-state index contributed by atoms with van der Waals surface area (Å²) in [6.45, 7) is 0. The van der Waals surface area contributed by atoms with Gasteiger partial charge in [0.25, 0.3) is 0 Å². The molecule has 4 nitrogen and oxygen atoms in total. The van der Waals surface area contributed by atoms with Crippen LogP contribution < -0.4 is 4.74 Å². The average Bonchev–Trinajstić information content (AvgIpc) is 2.29. The lowest BCUT2D eigenvalue weighted by Gasteiger charge is -2.16. The molecule has 0 radical (unpaired) electrons. The van der Waals surface area contributed by atoms with Gasteiger partial charge in [0.1, 0.15) is 5.75 Å². The fraction of sp³-hybridized carbons (Fsp3) is 0.417. The standard InChI is InChI=1S/C12H13I3O4/c13-7-5-8(14)12(9(15)6-7)19-11(18)4-2-1-3-10(16)17/h5-6,11,18H,1-4H2,(H,16,17). The number of rotatable bonds is 7. The number of hydrogen-bond acceptors (Lipinski definition) is 3. The zero-order valence-corrected chi connectivity index (χ0v) is 16.4. The van der Waals surface area contributed by atoms with Gasteiger partial charge in [-0.05, 0) is 92.7 Å². The zero-order valence-electron chi connectivity index (χ0n) is 9.91. The van der Waals surface area contributed by atoms with E-state index in [0.29, 0.717) is 25.0 Å². The summed E-state index contributed by atoms with van der Waals surface area (Å²) in [5.41, 5.74) is 0. The van der Waals surface area contributed by atoms with Crippen LogP contribution in [0.1, 0.15) is 25.7 Å². The molecule has 0 saturated carbocycles. The lowest BCUT2D eigenvalue weighted by atomic mass is 10.2. The van der Waals surface area contributed by atoms with Gasteiger partial charge in [0, 0.05) is 16.4 Å². The van der Waals surface area contributed by atoms with Crippen LogP contribution in [-0.2, 0) is 4.79 Å². The normalized spacial score (nSPS) is 12.2. The highest BCUT2D eigenvalue weighted by Crippen LogP contribution is 2.30. The van der Waals surface area contributed by atoms with Crippen molar-refractivity contribution >= 4 is 73.7 Å². The van der Waals surface area contributed by atoms with Crippen molar-refractivity contribution in [2.75, 3.05) is 0 Å². The van der Waals surface area contributed by atoms with E-state index in [2.05, 4.69) is 67.8 Å². The molecule has 0 amide bonds. The Morgan fingerprint density at radius 1 is 1.21 bits per heavy atom. The van der Waals surface area contributed by atoms with Gasteiger partial charge in [-0.2, -0.15) is 0 Å². The van der Waals surface area contributed by atoms with E-state index in [1.165, 1.54) is 0 Å². The summed E-state index contributed by atoms with van der Waals surface area (Å²) in [5, 5.41) is 18.3. The van der Waals surface area contributed by atoms with Crippen molar-refractivity contribution in [3.63, 3.8) is 0 Å². The maximum Gasteiger partial charge on any atom is 0.303 e. The van der Waals surface area contributed by atoms with Gasteiger partial charge < -0.3 is 14.9 Å². The molecule has 0 aromatic heterocycles. The first-order chi connectivity index (χ1) is 8.90. The van der Waals surface area contributed by atoms with Gasteiger partial charge in [-0.1, -0.05) is 0 Å². The lowest BCUT2D eigenvalue weighted by molar-refractivity contribution is -0.137. The van der Waals surface area contributed by atoms with Crippen LogP contribution in [0.5, 0.6) is 5.75 Å². The molecule has 0 fully saturated rings. The van der Waals surface area contributed by atoms with E-state index in [4.69, 9.17) is 9.84 Å². The first-order valence-electron chi connectivity index (χ1n) is 5.61. The van der Waals surface area contributed by atoms with Crippen LogP contribution in [0.3, 0.4) is 0 Å². The van der Waals surface area contributed by atoms with Crippen LogP contribution in [0.25, 0.3) is 0 Å². The topological polar surface area (TPSA) is 66.8 Å². The molecule has 0 saturated heterocycles. The number of ether oxygens (including phenoxy) is 1. The molecule has 7 heteroatoms. The summed E-state index contributed by atoms with van der Waals surface area (Å²) in [4.78, 5) is 10.4. The van der Waals surface area contributed by atoms with E-state index >= 15 is 0 Å². The third kappa shape index (κ3) is 6.76. The first kappa shape index (κ1) is 17.7. The van der Waals surface area contributed by atoms with Crippen molar-refractivity contribution in [3.8, 4) is 5.75 Å². The largest absolute Gasteiger partial charge is 0.481 e. The number of carbonyl (C=O) groups is 1. The number of unbranched alkanes of at least 4 members (excludes halogenated alkanes) is 1. The van der Waals surface area contributed by atoms with Gasteiger partial charge in [-0.15, -0.1) is 0 Å². The predicted octanol–water partition coefficient (Wildman–Crippen LogP) is 3.84. The highest BCUT2D eigenvalue weighted by Gasteiger charge is 2.13. The molecule has 19 heavy (non-hydrogen) atoms. The van der Waals surface area contributed by atoms with Gasteiger partial charge in [0.2, 0.25) is 0 Å². The molecule has 1 aromatic carbocycles. The number of carboxylic acids is 1. The maximum atomic E-state index is 10.4. The minimum Gasteiger partial charge on any atom is -0.481 e. The number of carboxylic acid groups (broad SMARTS) is 1. The van der Waals surface area contributed by atoms with E-state index in [0.717, 1.165) is 10.7 Å². The van der Waals surface area contributed by atoms with Gasteiger partial charge in [0.15, 0.2) is 6.29 Å².